The average molecular weight is 282 g/mol. The fourth-order valence-electron chi connectivity index (χ4n) is 2.45. The highest BCUT2D eigenvalue weighted by molar-refractivity contribution is 7.18. The van der Waals surface area contributed by atoms with Crippen LogP contribution >= 0.6 is 11.3 Å². The summed E-state index contributed by atoms with van der Waals surface area (Å²) in [5, 5.41) is 6.56. The molecular weight excluding hydrogens is 260 g/mol. The summed E-state index contributed by atoms with van der Waals surface area (Å²) in [6.07, 6.45) is 4.96. The van der Waals surface area contributed by atoms with Gasteiger partial charge in [0, 0.05) is 13.6 Å². The summed E-state index contributed by atoms with van der Waals surface area (Å²) in [6.45, 7) is 3.05. The maximum Gasteiger partial charge on any atom is 0.265 e. The predicted octanol–water partition coefficient (Wildman–Crippen LogP) is 2.32. The number of carbonyl (C=O) groups excluding carboxylic acids is 1. The molecule has 0 aromatic carbocycles. The molecule has 0 atom stereocenters. The molecule has 2 rings (SSSR count). The Morgan fingerprint density at radius 3 is 2.68 bits per heavy atom. The lowest BCUT2D eigenvalue weighted by molar-refractivity contribution is 0.0946. The number of anilines is 2. The molecule has 0 spiro atoms. The van der Waals surface area contributed by atoms with Crippen molar-refractivity contribution in [2.75, 3.05) is 24.6 Å². The molecule has 6 heteroatoms. The summed E-state index contributed by atoms with van der Waals surface area (Å²) in [7, 11) is 1.77. The monoisotopic (exact) mass is 282 g/mol. The van der Waals surface area contributed by atoms with Gasteiger partial charge < -0.3 is 16.4 Å². The van der Waals surface area contributed by atoms with Crippen molar-refractivity contribution in [2.45, 2.75) is 32.6 Å². The van der Waals surface area contributed by atoms with E-state index < -0.39 is 0 Å². The number of nitrogens with one attached hydrogen (secondary N) is 2. The quantitative estimate of drug-likeness (QED) is 0.792. The van der Waals surface area contributed by atoms with Crippen LogP contribution in [0.1, 0.15) is 42.3 Å². The highest BCUT2D eigenvalue weighted by Crippen LogP contribution is 2.28. The van der Waals surface area contributed by atoms with Gasteiger partial charge in [-0.1, -0.05) is 31.1 Å². The molecular formula is C13H22N4OS. The molecule has 5 nitrogen and oxygen atoms in total. The molecule has 19 heavy (non-hydrogen) atoms. The van der Waals surface area contributed by atoms with Crippen LogP contribution < -0.4 is 16.4 Å². The second-order valence-corrected chi connectivity index (χ2v) is 6.32. The Labute approximate surface area is 118 Å². The number of carbonyl (C=O) groups is 1. The lowest BCUT2D eigenvalue weighted by Gasteiger charge is -2.26. The molecule has 1 aliphatic rings. The Hall–Kier alpha value is -1.30. The number of amides is 1. The highest BCUT2D eigenvalue weighted by atomic mass is 32.1. The van der Waals surface area contributed by atoms with Gasteiger partial charge in [-0.15, -0.1) is 0 Å². The summed E-state index contributed by atoms with van der Waals surface area (Å²) < 4.78 is 0. The number of rotatable bonds is 4. The number of nitrogens with zero attached hydrogens (tertiary/aromatic N) is 1. The Bertz CT molecular complexity index is 438. The van der Waals surface area contributed by atoms with Crippen LogP contribution in [-0.4, -0.2) is 24.5 Å². The zero-order chi connectivity index (χ0) is 13.8. The molecule has 1 amide bonds. The molecule has 106 valence electrons. The lowest BCUT2D eigenvalue weighted by atomic mass is 9.83. The van der Waals surface area contributed by atoms with E-state index in [9.17, 15) is 4.79 Å². The van der Waals surface area contributed by atoms with E-state index in [0.29, 0.717) is 21.7 Å². The van der Waals surface area contributed by atoms with Gasteiger partial charge in [0.05, 0.1) is 0 Å². The smallest absolute Gasteiger partial charge is 0.265 e. The molecule has 1 saturated carbocycles. The largest absolute Gasteiger partial charge is 0.382 e. The number of thiazole rings is 1. The van der Waals surface area contributed by atoms with Crippen molar-refractivity contribution in [3.63, 3.8) is 0 Å². The van der Waals surface area contributed by atoms with Gasteiger partial charge in [0.2, 0.25) is 0 Å². The molecule has 1 fully saturated rings. The topological polar surface area (TPSA) is 80.0 Å². The van der Waals surface area contributed by atoms with Crippen molar-refractivity contribution >= 4 is 28.2 Å². The Balaban J connectivity index is 1.85. The van der Waals surface area contributed by atoms with E-state index in [-0.39, 0.29) is 5.91 Å². The van der Waals surface area contributed by atoms with Crippen LogP contribution in [-0.2, 0) is 0 Å². The van der Waals surface area contributed by atoms with E-state index in [1.165, 1.54) is 37.0 Å². The van der Waals surface area contributed by atoms with Crippen molar-refractivity contribution in [2.24, 2.45) is 11.8 Å². The number of hydrogen-bond donors (Lipinski definition) is 3. The first-order chi connectivity index (χ1) is 9.10. The first-order valence-electron chi connectivity index (χ1n) is 6.82. The molecule has 1 aromatic heterocycles. The summed E-state index contributed by atoms with van der Waals surface area (Å²) >= 11 is 1.30. The van der Waals surface area contributed by atoms with E-state index >= 15 is 0 Å². The fourth-order valence-corrected chi connectivity index (χ4v) is 3.21. The summed E-state index contributed by atoms with van der Waals surface area (Å²) in [6, 6.07) is 0. The SMILES string of the molecule is CNc1nc(N)c(C(=O)NCC2CCC(C)CC2)s1. The van der Waals surface area contributed by atoms with Crippen LogP contribution in [0.15, 0.2) is 0 Å². The van der Waals surface area contributed by atoms with Crippen LogP contribution in [0.5, 0.6) is 0 Å². The molecule has 1 heterocycles. The van der Waals surface area contributed by atoms with Gasteiger partial charge in [0.15, 0.2) is 5.13 Å². The van der Waals surface area contributed by atoms with E-state index in [4.69, 9.17) is 5.73 Å². The second-order valence-electron chi connectivity index (χ2n) is 5.32. The molecule has 0 aliphatic heterocycles. The van der Waals surface area contributed by atoms with Crippen molar-refractivity contribution in [1.82, 2.24) is 10.3 Å². The number of nitrogens with two attached hydrogens (primary N) is 1. The maximum absolute atomic E-state index is 12.1. The van der Waals surface area contributed by atoms with Crippen LogP contribution in [0.2, 0.25) is 0 Å². The minimum atomic E-state index is -0.102. The molecule has 1 aromatic rings. The highest BCUT2D eigenvalue weighted by Gasteiger charge is 2.20. The third-order valence-corrected chi connectivity index (χ3v) is 4.85. The summed E-state index contributed by atoms with van der Waals surface area (Å²) in [4.78, 5) is 16.6. The second kappa shape index (κ2) is 6.23. The third-order valence-electron chi connectivity index (χ3n) is 3.76. The molecule has 1 aliphatic carbocycles. The van der Waals surface area contributed by atoms with Gasteiger partial charge >= 0.3 is 0 Å². The molecule has 4 N–H and O–H groups in total. The van der Waals surface area contributed by atoms with Crippen LogP contribution in [0, 0.1) is 11.8 Å². The predicted molar refractivity (Wildman–Crippen MR) is 79.5 cm³/mol. The normalized spacial score (nSPS) is 23.1. The molecule has 0 saturated heterocycles. The van der Waals surface area contributed by atoms with Crippen molar-refractivity contribution < 1.29 is 4.79 Å². The number of hydrogen-bond acceptors (Lipinski definition) is 5. The van der Waals surface area contributed by atoms with E-state index in [2.05, 4.69) is 22.5 Å². The van der Waals surface area contributed by atoms with Gasteiger partial charge in [0.25, 0.3) is 5.91 Å². The van der Waals surface area contributed by atoms with E-state index in [1.54, 1.807) is 7.05 Å². The minimum absolute atomic E-state index is 0.102. The Morgan fingerprint density at radius 2 is 2.11 bits per heavy atom. The van der Waals surface area contributed by atoms with Crippen molar-refractivity contribution in [3.8, 4) is 0 Å². The third kappa shape index (κ3) is 3.59. The van der Waals surface area contributed by atoms with Gasteiger partial charge in [-0.25, -0.2) is 4.98 Å². The van der Waals surface area contributed by atoms with Crippen LogP contribution in [0.3, 0.4) is 0 Å². The zero-order valence-corrected chi connectivity index (χ0v) is 12.3. The van der Waals surface area contributed by atoms with Gasteiger partial charge in [-0.05, 0) is 24.7 Å². The van der Waals surface area contributed by atoms with Gasteiger partial charge in [-0.3, -0.25) is 4.79 Å². The molecule has 0 bridgehead atoms. The maximum atomic E-state index is 12.1. The standard InChI is InChI=1S/C13H22N4OS/c1-8-3-5-9(6-4-8)7-16-12(18)10-11(14)17-13(15-2)19-10/h8-9H,3-7,14H2,1-2H3,(H,15,17)(H,16,18). The van der Waals surface area contributed by atoms with E-state index in [1.807, 2.05) is 0 Å². The first kappa shape index (κ1) is 14.1. The number of nitrogen functional groups attached to an aromatic ring is 1. The van der Waals surface area contributed by atoms with Crippen LogP contribution in [0.25, 0.3) is 0 Å². The van der Waals surface area contributed by atoms with Crippen molar-refractivity contribution in [3.05, 3.63) is 4.88 Å². The lowest BCUT2D eigenvalue weighted by Crippen LogP contribution is -2.31. The molecule has 0 radical (unpaired) electrons. The van der Waals surface area contributed by atoms with Crippen LogP contribution in [0.4, 0.5) is 10.9 Å². The fraction of sp³-hybridized carbons (Fsp3) is 0.692. The van der Waals surface area contributed by atoms with Gasteiger partial charge in [0.1, 0.15) is 10.7 Å². The summed E-state index contributed by atoms with van der Waals surface area (Å²) in [5.41, 5.74) is 5.74. The Morgan fingerprint density at radius 1 is 1.42 bits per heavy atom. The zero-order valence-electron chi connectivity index (χ0n) is 11.5. The number of aromatic nitrogens is 1. The van der Waals surface area contributed by atoms with E-state index in [0.717, 1.165) is 12.5 Å². The minimum Gasteiger partial charge on any atom is -0.382 e. The first-order valence-corrected chi connectivity index (χ1v) is 7.64. The Kier molecular flexibility index (Phi) is 4.63. The summed E-state index contributed by atoms with van der Waals surface area (Å²) in [5.74, 6) is 1.65. The average Bonchev–Trinajstić information content (AvgIpc) is 2.79. The van der Waals surface area contributed by atoms with Crippen molar-refractivity contribution in [1.29, 1.82) is 0 Å². The van der Waals surface area contributed by atoms with Gasteiger partial charge in [-0.2, -0.15) is 0 Å². The molecule has 0 unspecified atom stereocenters.